The second-order valence-electron chi connectivity index (χ2n) is 9.61. The molecule has 0 spiro atoms. The fraction of sp³-hybridized carbons (Fsp3) is 0.370. The molecule has 2 aliphatic rings. The monoisotopic (exact) mass is 471 g/mol. The summed E-state index contributed by atoms with van der Waals surface area (Å²) in [4.78, 5) is 21.4. The first-order valence-electron chi connectivity index (χ1n) is 12.3. The second kappa shape index (κ2) is 9.19. The molecule has 5 heterocycles. The SMILES string of the molecule is C[C@H]1CCN(C2CCN(Cc3coc4cc(Oc5ccc(-c6ccn[nH]6)cn5)ccc34)CC2)C1=O. The van der Waals surface area contributed by atoms with Crippen molar-refractivity contribution in [3.8, 4) is 22.9 Å². The van der Waals surface area contributed by atoms with E-state index in [-0.39, 0.29) is 5.92 Å². The zero-order chi connectivity index (χ0) is 23.8. The molecule has 4 aromatic rings. The van der Waals surface area contributed by atoms with Crippen LogP contribution in [0, 0.1) is 5.92 Å². The Kier molecular flexibility index (Phi) is 5.74. The number of likely N-dealkylation sites (tertiary alicyclic amines) is 2. The minimum atomic E-state index is 0.191. The molecule has 0 bridgehead atoms. The number of H-pyrrole nitrogens is 1. The van der Waals surface area contributed by atoms with E-state index in [0.29, 0.717) is 23.6 Å². The van der Waals surface area contributed by atoms with Gasteiger partial charge in [-0.15, -0.1) is 0 Å². The van der Waals surface area contributed by atoms with Gasteiger partial charge in [0.25, 0.3) is 0 Å². The topological polar surface area (TPSA) is 87.5 Å². The third kappa shape index (κ3) is 4.41. The average molecular weight is 472 g/mol. The molecule has 0 unspecified atom stereocenters. The molecular weight excluding hydrogens is 442 g/mol. The van der Waals surface area contributed by atoms with Crippen molar-refractivity contribution in [2.24, 2.45) is 5.92 Å². The van der Waals surface area contributed by atoms with Crippen molar-refractivity contribution in [3.05, 3.63) is 60.6 Å². The lowest BCUT2D eigenvalue weighted by Crippen LogP contribution is -2.45. The van der Waals surface area contributed by atoms with Crippen LogP contribution in [-0.4, -0.2) is 56.6 Å². The number of furan rings is 1. The standard InChI is InChI=1S/C27H29N5O3/c1-18-7-13-32(27(18)33)21-8-11-31(12-9-21)16-20-17-34-25-14-22(3-4-23(20)25)35-26-5-2-19(15-28-26)24-6-10-29-30-24/h2-6,10,14-15,17-18,21H,7-9,11-13,16H2,1H3,(H,29,30)/t18-/m0/s1. The van der Waals surface area contributed by atoms with Crippen LogP contribution in [0.15, 0.2) is 59.5 Å². The summed E-state index contributed by atoms with van der Waals surface area (Å²) in [5.74, 6) is 1.74. The molecule has 35 heavy (non-hydrogen) atoms. The van der Waals surface area contributed by atoms with Crippen LogP contribution in [0.3, 0.4) is 0 Å². The van der Waals surface area contributed by atoms with Crippen LogP contribution in [0.2, 0.25) is 0 Å². The first-order chi connectivity index (χ1) is 17.1. The first kappa shape index (κ1) is 21.9. The van der Waals surface area contributed by atoms with E-state index >= 15 is 0 Å². The molecule has 180 valence electrons. The molecule has 1 atom stereocenters. The Bertz CT molecular complexity index is 1310. The Balaban J connectivity index is 1.08. The minimum absolute atomic E-state index is 0.191. The third-order valence-corrected chi connectivity index (χ3v) is 7.30. The number of rotatable bonds is 6. The molecule has 2 aliphatic heterocycles. The molecule has 1 aromatic carbocycles. The van der Waals surface area contributed by atoms with Gasteiger partial charge in [-0.05, 0) is 43.5 Å². The smallest absolute Gasteiger partial charge is 0.225 e. The summed E-state index contributed by atoms with van der Waals surface area (Å²) in [6.45, 7) is 5.81. The molecule has 0 saturated carbocycles. The van der Waals surface area contributed by atoms with Crippen LogP contribution in [0.25, 0.3) is 22.2 Å². The van der Waals surface area contributed by atoms with Gasteiger partial charge in [-0.1, -0.05) is 6.92 Å². The maximum atomic E-state index is 12.4. The highest BCUT2D eigenvalue weighted by atomic mass is 16.5. The molecule has 8 nitrogen and oxygen atoms in total. The first-order valence-corrected chi connectivity index (χ1v) is 12.3. The number of aromatic amines is 1. The number of nitrogens with one attached hydrogen (secondary N) is 1. The van der Waals surface area contributed by atoms with E-state index in [2.05, 4.69) is 31.0 Å². The lowest BCUT2D eigenvalue weighted by atomic mass is 10.0. The highest BCUT2D eigenvalue weighted by molar-refractivity contribution is 5.82. The van der Waals surface area contributed by atoms with E-state index in [4.69, 9.17) is 9.15 Å². The molecule has 8 heteroatoms. The summed E-state index contributed by atoms with van der Waals surface area (Å²) in [6, 6.07) is 12.0. The number of hydrogen-bond donors (Lipinski definition) is 1. The van der Waals surface area contributed by atoms with Gasteiger partial charge in [-0.25, -0.2) is 4.98 Å². The van der Waals surface area contributed by atoms with Crippen molar-refractivity contribution >= 4 is 16.9 Å². The number of ether oxygens (including phenoxy) is 1. The van der Waals surface area contributed by atoms with Gasteiger partial charge in [0.05, 0.1) is 12.0 Å². The number of carbonyl (C=O) groups excluding carboxylic acids is 1. The summed E-state index contributed by atoms with van der Waals surface area (Å²) < 4.78 is 11.8. The lowest BCUT2D eigenvalue weighted by molar-refractivity contribution is -0.133. The molecule has 6 rings (SSSR count). The van der Waals surface area contributed by atoms with Crippen LogP contribution in [0.5, 0.6) is 11.6 Å². The number of aromatic nitrogens is 3. The summed E-state index contributed by atoms with van der Waals surface area (Å²) >= 11 is 0. The van der Waals surface area contributed by atoms with Crippen LogP contribution < -0.4 is 4.74 Å². The molecular formula is C27H29N5O3. The number of pyridine rings is 1. The second-order valence-corrected chi connectivity index (χ2v) is 9.61. The maximum absolute atomic E-state index is 12.4. The van der Waals surface area contributed by atoms with Gasteiger partial charge in [0.2, 0.25) is 11.8 Å². The number of benzene rings is 1. The largest absolute Gasteiger partial charge is 0.464 e. The van der Waals surface area contributed by atoms with Gasteiger partial charge < -0.3 is 14.1 Å². The van der Waals surface area contributed by atoms with Crippen molar-refractivity contribution < 1.29 is 13.9 Å². The molecule has 0 radical (unpaired) electrons. The molecule has 3 aromatic heterocycles. The quantitative estimate of drug-likeness (QED) is 0.433. The van der Waals surface area contributed by atoms with E-state index < -0.39 is 0 Å². The van der Waals surface area contributed by atoms with Gasteiger partial charge in [0, 0.05) is 79.2 Å². The fourth-order valence-electron chi connectivity index (χ4n) is 5.23. The normalized spacial score (nSPS) is 19.6. The van der Waals surface area contributed by atoms with Gasteiger partial charge in [0.1, 0.15) is 11.3 Å². The van der Waals surface area contributed by atoms with Gasteiger partial charge in [-0.3, -0.25) is 14.8 Å². The molecule has 1 amide bonds. The minimum Gasteiger partial charge on any atom is -0.464 e. The molecule has 2 saturated heterocycles. The average Bonchev–Trinajstić information content (AvgIpc) is 3.63. The Labute approximate surface area is 203 Å². The number of carbonyl (C=O) groups is 1. The predicted molar refractivity (Wildman–Crippen MR) is 132 cm³/mol. The Morgan fingerprint density at radius 1 is 1.11 bits per heavy atom. The van der Waals surface area contributed by atoms with Crippen molar-refractivity contribution in [1.29, 1.82) is 0 Å². The van der Waals surface area contributed by atoms with E-state index in [1.54, 1.807) is 12.4 Å². The highest BCUT2D eigenvalue weighted by Crippen LogP contribution is 2.31. The number of hydrogen-bond acceptors (Lipinski definition) is 6. The van der Waals surface area contributed by atoms with E-state index in [1.165, 1.54) is 5.56 Å². The van der Waals surface area contributed by atoms with Crippen LogP contribution >= 0.6 is 0 Å². The lowest BCUT2D eigenvalue weighted by Gasteiger charge is -2.36. The Hall–Kier alpha value is -3.65. The van der Waals surface area contributed by atoms with Crippen molar-refractivity contribution in [2.45, 2.75) is 38.8 Å². The van der Waals surface area contributed by atoms with Gasteiger partial charge >= 0.3 is 0 Å². The Morgan fingerprint density at radius 3 is 2.71 bits per heavy atom. The summed E-state index contributed by atoms with van der Waals surface area (Å²) in [5, 5.41) is 8.00. The summed E-state index contributed by atoms with van der Waals surface area (Å²) in [7, 11) is 0. The van der Waals surface area contributed by atoms with Crippen LogP contribution in [-0.2, 0) is 11.3 Å². The van der Waals surface area contributed by atoms with Crippen molar-refractivity contribution in [3.63, 3.8) is 0 Å². The maximum Gasteiger partial charge on any atom is 0.225 e. The van der Waals surface area contributed by atoms with E-state index in [1.807, 2.05) is 43.5 Å². The zero-order valence-electron chi connectivity index (χ0n) is 19.8. The summed E-state index contributed by atoms with van der Waals surface area (Å²) in [6.07, 6.45) is 8.40. The van der Waals surface area contributed by atoms with Crippen molar-refractivity contribution in [2.75, 3.05) is 19.6 Å². The summed E-state index contributed by atoms with van der Waals surface area (Å²) in [5.41, 5.74) is 3.85. The van der Waals surface area contributed by atoms with Crippen LogP contribution in [0.4, 0.5) is 0 Å². The zero-order valence-corrected chi connectivity index (χ0v) is 19.8. The number of nitrogens with zero attached hydrogens (tertiary/aromatic N) is 4. The number of piperidine rings is 1. The fourth-order valence-corrected chi connectivity index (χ4v) is 5.23. The number of amides is 1. The number of fused-ring (bicyclic) bond motifs is 1. The molecule has 2 fully saturated rings. The predicted octanol–water partition coefficient (Wildman–Crippen LogP) is 4.84. The van der Waals surface area contributed by atoms with E-state index in [0.717, 1.165) is 67.7 Å². The molecule has 1 N–H and O–H groups in total. The van der Waals surface area contributed by atoms with E-state index in [9.17, 15) is 4.79 Å². The van der Waals surface area contributed by atoms with Crippen LogP contribution in [0.1, 0.15) is 31.7 Å². The third-order valence-electron chi connectivity index (χ3n) is 7.30. The Morgan fingerprint density at radius 2 is 2.00 bits per heavy atom. The van der Waals surface area contributed by atoms with Gasteiger partial charge in [0.15, 0.2) is 0 Å². The highest BCUT2D eigenvalue weighted by Gasteiger charge is 2.34. The van der Waals surface area contributed by atoms with Gasteiger partial charge in [-0.2, -0.15) is 5.10 Å². The molecule has 0 aliphatic carbocycles. The van der Waals surface area contributed by atoms with Crippen molar-refractivity contribution in [1.82, 2.24) is 25.0 Å².